The molecule has 116 valence electrons. The van der Waals surface area contributed by atoms with Crippen LogP contribution in [0.1, 0.15) is 32.3 Å². The summed E-state index contributed by atoms with van der Waals surface area (Å²) in [5.74, 6) is -1.55. The summed E-state index contributed by atoms with van der Waals surface area (Å²) < 4.78 is 26.9. The minimum Gasteiger partial charge on any atom is -0.481 e. The van der Waals surface area contributed by atoms with Crippen LogP contribution in [0.5, 0.6) is 0 Å². The van der Waals surface area contributed by atoms with E-state index in [2.05, 4.69) is 0 Å². The molecule has 21 heavy (non-hydrogen) atoms. The van der Waals surface area contributed by atoms with E-state index in [-0.39, 0.29) is 17.5 Å². The Morgan fingerprint density at radius 1 is 1.38 bits per heavy atom. The molecule has 5 nitrogen and oxygen atoms in total. The molecule has 0 amide bonds. The third-order valence-electron chi connectivity index (χ3n) is 4.09. The van der Waals surface area contributed by atoms with Gasteiger partial charge in [0.15, 0.2) is 0 Å². The van der Waals surface area contributed by atoms with Gasteiger partial charge in [0.25, 0.3) is 0 Å². The number of carboxylic acids is 1. The number of carbonyl (C=O) groups is 1. The SMILES string of the molecule is CCc1cccc(S(=O)(=O)N2CC(C(=O)O)CCC2C)c1. The summed E-state index contributed by atoms with van der Waals surface area (Å²) in [4.78, 5) is 11.4. The number of rotatable bonds is 4. The summed E-state index contributed by atoms with van der Waals surface area (Å²) in [6.07, 6.45) is 1.86. The summed E-state index contributed by atoms with van der Waals surface area (Å²) in [5.41, 5.74) is 0.954. The van der Waals surface area contributed by atoms with Crippen LogP contribution in [0.2, 0.25) is 0 Å². The van der Waals surface area contributed by atoms with E-state index in [9.17, 15) is 13.2 Å². The lowest BCUT2D eigenvalue weighted by Gasteiger charge is -2.35. The van der Waals surface area contributed by atoms with Gasteiger partial charge in [0.1, 0.15) is 0 Å². The number of aryl methyl sites for hydroxylation is 1. The summed E-state index contributed by atoms with van der Waals surface area (Å²) in [6.45, 7) is 3.85. The van der Waals surface area contributed by atoms with Crippen LogP contribution in [0.4, 0.5) is 0 Å². The molecule has 1 aromatic rings. The van der Waals surface area contributed by atoms with Crippen molar-refractivity contribution in [1.29, 1.82) is 0 Å². The van der Waals surface area contributed by atoms with Gasteiger partial charge < -0.3 is 5.11 Å². The second kappa shape index (κ2) is 6.15. The zero-order valence-corrected chi connectivity index (χ0v) is 13.1. The monoisotopic (exact) mass is 311 g/mol. The molecule has 0 spiro atoms. The molecule has 1 aliphatic rings. The Kier molecular flexibility index (Phi) is 4.68. The topological polar surface area (TPSA) is 74.7 Å². The minimum absolute atomic E-state index is 0.0508. The fraction of sp³-hybridized carbons (Fsp3) is 0.533. The van der Waals surface area contributed by atoms with Crippen molar-refractivity contribution in [3.8, 4) is 0 Å². The molecular weight excluding hydrogens is 290 g/mol. The Hall–Kier alpha value is -1.40. The van der Waals surface area contributed by atoms with Crippen molar-refractivity contribution < 1.29 is 18.3 Å². The van der Waals surface area contributed by atoms with Crippen molar-refractivity contribution >= 4 is 16.0 Å². The van der Waals surface area contributed by atoms with E-state index < -0.39 is 21.9 Å². The van der Waals surface area contributed by atoms with E-state index in [1.807, 2.05) is 19.9 Å². The van der Waals surface area contributed by atoms with Crippen molar-refractivity contribution in [3.05, 3.63) is 29.8 Å². The van der Waals surface area contributed by atoms with E-state index in [0.29, 0.717) is 12.8 Å². The Morgan fingerprint density at radius 2 is 2.10 bits per heavy atom. The van der Waals surface area contributed by atoms with Crippen LogP contribution < -0.4 is 0 Å². The van der Waals surface area contributed by atoms with E-state index in [4.69, 9.17) is 5.11 Å². The molecule has 1 aromatic carbocycles. The Balaban J connectivity index is 2.34. The first-order valence-corrected chi connectivity index (χ1v) is 8.64. The Bertz CT molecular complexity index is 626. The normalized spacial score (nSPS) is 23.9. The van der Waals surface area contributed by atoms with E-state index in [1.165, 1.54) is 4.31 Å². The largest absolute Gasteiger partial charge is 0.481 e. The highest BCUT2D eigenvalue weighted by atomic mass is 32.2. The quantitative estimate of drug-likeness (QED) is 0.924. The lowest BCUT2D eigenvalue weighted by Crippen LogP contribution is -2.47. The molecule has 0 saturated carbocycles. The molecule has 2 atom stereocenters. The molecule has 0 radical (unpaired) electrons. The molecule has 0 aliphatic carbocycles. The maximum Gasteiger partial charge on any atom is 0.307 e. The summed E-state index contributed by atoms with van der Waals surface area (Å²) in [7, 11) is -3.64. The van der Waals surface area contributed by atoms with Gasteiger partial charge >= 0.3 is 5.97 Å². The van der Waals surface area contributed by atoms with Crippen LogP contribution in [0, 0.1) is 5.92 Å². The number of carboxylic acid groups (broad SMARTS) is 1. The average molecular weight is 311 g/mol. The summed E-state index contributed by atoms with van der Waals surface area (Å²) in [6, 6.07) is 6.70. The van der Waals surface area contributed by atoms with Gasteiger partial charge in [0.05, 0.1) is 10.8 Å². The molecule has 1 saturated heterocycles. The summed E-state index contributed by atoms with van der Waals surface area (Å²) >= 11 is 0. The van der Waals surface area contributed by atoms with Crippen LogP contribution in [-0.2, 0) is 21.2 Å². The van der Waals surface area contributed by atoms with Gasteiger partial charge in [-0.25, -0.2) is 8.42 Å². The van der Waals surface area contributed by atoms with Crippen LogP contribution in [-0.4, -0.2) is 36.4 Å². The van der Waals surface area contributed by atoms with Crippen LogP contribution in [0.25, 0.3) is 0 Å². The predicted octanol–water partition coefficient (Wildman–Crippen LogP) is 2.12. The molecule has 2 rings (SSSR count). The first-order chi connectivity index (χ1) is 9.86. The zero-order chi connectivity index (χ0) is 15.6. The molecule has 1 N–H and O–H groups in total. The van der Waals surface area contributed by atoms with E-state index in [0.717, 1.165) is 12.0 Å². The lowest BCUT2D eigenvalue weighted by molar-refractivity contribution is -0.143. The number of sulfonamides is 1. The Labute approximate surface area is 125 Å². The first-order valence-electron chi connectivity index (χ1n) is 7.19. The molecular formula is C15H21NO4S. The molecule has 2 unspecified atom stereocenters. The van der Waals surface area contributed by atoms with Gasteiger partial charge in [-0.3, -0.25) is 4.79 Å². The molecule has 0 aromatic heterocycles. The van der Waals surface area contributed by atoms with Gasteiger partial charge in [0, 0.05) is 12.6 Å². The smallest absolute Gasteiger partial charge is 0.307 e. The molecule has 6 heteroatoms. The highest BCUT2D eigenvalue weighted by Gasteiger charge is 2.37. The second-order valence-electron chi connectivity index (χ2n) is 5.54. The van der Waals surface area contributed by atoms with Crippen LogP contribution in [0.3, 0.4) is 0 Å². The molecule has 0 bridgehead atoms. The van der Waals surface area contributed by atoms with Crippen molar-refractivity contribution in [1.82, 2.24) is 4.31 Å². The van der Waals surface area contributed by atoms with Gasteiger partial charge in [-0.05, 0) is 43.9 Å². The molecule has 1 fully saturated rings. The van der Waals surface area contributed by atoms with Gasteiger partial charge in [-0.2, -0.15) is 4.31 Å². The lowest BCUT2D eigenvalue weighted by atomic mass is 9.96. The van der Waals surface area contributed by atoms with Crippen LogP contribution >= 0.6 is 0 Å². The van der Waals surface area contributed by atoms with Crippen molar-refractivity contribution in [2.75, 3.05) is 6.54 Å². The first kappa shape index (κ1) is 16.0. The fourth-order valence-electron chi connectivity index (χ4n) is 2.67. The Morgan fingerprint density at radius 3 is 2.71 bits per heavy atom. The third-order valence-corrected chi connectivity index (χ3v) is 6.06. The minimum atomic E-state index is -3.64. The van der Waals surface area contributed by atoms with Crippen molar-refractivity contribution in [2.45, 2.75) is 44.0 Å². The number of hydrogen-bond donors (Lipinski definition) is 1. The van der Waals surface area contributed by atoms with Gasteiger partial charge in [-0.15, -0.1) is 0 Å². The fourth-order valence-corrected chi connectivity index (χ4v) is 4.45. The highest BCUT2D eigenvalue weighted by molar-refractivity contribution is 7.89. The highest BCUT2D eigenvalue weighted by Crippen LogP contribution is 2.28. The van der Waals surface area contributed by atoms with Crippen LogP contribution in [0.15, 0.2) is 29.2 Å². The number of aliphatic carboxylic acids is 1. The number of piperidine rings is 1. The van der Waals surface area contributed by atoms with Crippen molar-refractivity contribution in [3.63, 3.8) is 0 Å². The standard InChI is InChI=1S/C15H21NO4S/c1-3-12-5-4-6-14(9-12)21(19,20)16-10-13(15(17)18)8-7-11(16)2/h4-6,9,11,13H,3,7-8,10H2,1-2H3,(H,17,18). The van der Waals surface area contributed by atoms with E-state index in [1.54, 1.807) is 18.2 Å². The second-order valence-corrected chi connectivity index (χ2v) is 7.43. The number of benzene rings is 1. The zero-order valence-electron chi connectivity index (χ0n) is 12.3. The predicted molar refractivity (Wildman–Crippen MR) is 79.5 cm³/mol. The van der Waals surface area contributed by atoms with Gasteiger partial charge in [-0.1, -0.05) is 19.1 Å². The van der Waals surface area contributed by atoms with E-state index >= 15 is 0 Å². The number of hydrogen-bond acceptors (Lipinski definition) is 3. The van der Waals surface area contributed by atoms with Crippen molar-refractivity contribution in [2.24, 2.45) is 5.92 Å². The molecule has 1 heterocycles. The third kappa shape index (κ3) is 3.27. The maximum absolute atomic E-state index is 12.8. The number of nitrogens with zero attached hydrogens (tertiary/aromatic N) is 1. The maximum atomic E-state index is 12.8. The molecule has 1 aliphatic heterocycles. The van der Waals surface area contributed by atoms with Gasteiger partial charge in [0.2, 0.25) is 10.0 Å². The average Bonchev–Trinajstić information content (AvgIpc) is 2.47. The summed E-state index contributed by atoms with van der Waals surface area (Å²) in [5, 5.41) is 9.14.